The minimum Gasteiger partial charge on any atom is -0.382 e. The van der Waals surface area contributed by atoms with E-state index in [2.05, 4.69) is 20.5 Å². The number of imide groups is 1. The first-order valence-electron chi connectivity index (χ1n) is 19.9. The molecule has 1 fully saturated rings. The third-order valence-corrected chi connectivity index (χ3v) is 10.6. The van der Waals surface area contributed by atoms with Crippen LogP contribution in [-0.4, -0.2) is 104 Å². The summed E-state index contributed by atoms with van der Waals surface area (Å²) in [6.45, 7) is 4.12. The Labute approximate surface area is 353 Å². The molecule has 1 saturated carbocycles. The van der Waals surface area contributed by atoms with Gasteiger partial charge in [0.15, 0.2) is 0 Å². The van der Waals surface area contributed by atoms with Gasteiger partial charge in [0.2, 0.25) is 11.8 Å². The summed E-state index contributed by atoms with van der Waals surface area (Å²) >= 11 is 0. The number of aliphatic hydroxyl groups excluding tert-OH is 1. The Morgan fingerprint density at radius 3 is 2.18 bits per heavy atom. The Bertz CT molecular complexity index is 2150. The van der Waals surface area contributed by atoms with E-state index >= 15 is 0 Å². The molecule has 5 rings (SSSR count). The van der Waals surface area contributed by atoms with Gasteiger partial charge in [0.05, 0.1) is 24.2 Å². The summed E-state index contributed by atoms with van der Waals surface area (Å²) in [7, 11) is 0. The van der Waals surface area contributed by atoms with Crippen LogP contribution in [0.15, 0.2) is 66.9 Å². The molecule has 2 aliphatic rings. The van der Waals surface area contributed by atoms with E-state index in [9.17, 15) is 55.8 Å². The Morgan fingerprint density at radius 2 is 1.56 bits per heavy atom. The molecule has 5 N–H and O–H groups in total. The number of hydrogen-bond acceptors (Lipinski definition) is 10. The molecule has 0 radical (unpaired) electrons. The molecule has 2 aromatic carbocycles. The number of halogens is 5. The number of aromatic nitrogens is 2. The summed E-state index contributed by atoms with van der Waals surface area (Å²) in [5.41, 5.74) is 5.97. The van der Waals surface area contributed by atoms with Crippen LogP contribution in [0.25, 0.3) is 11.3 Å². The van der Waals surface area contributed by atoms with Crippen LogP contribution < -0.4 is 16.4 Å². The molecule has 334 valence electrons. The highest BCUT2D eigenvalue weighted by atomic mass is 19.4. The van der Waals surface area contributed by atoms with Crippen molar-refractivity contribution in [2.75, 3.05) is 19.6 Å². The number of imidazole rings is 1. The molecule has 0 saturated heterocycles. The van der Waals surface area contributed by atoms with Crippen LogP contribution in [0.1, 0.15) is 70.2 Å². The Morgan fingerprint density at radius 1 is 0.935 bits per heavy atom. The topological polar surface area (TPSA) is 206 Å². The van der Waals surface area contributed by atoms with Gasteiger partial charge >= 0.3 is 12.1 Å². The monoisotopic (exact) mass is 873 g/mol. The van der Waals surface area contributed by atoms with Crippen LogP contribution in [0.5, 0.6) is 0 Å². The van der Waals surface area contributed by atoms with E-state index in [1.54, 1.807) is 25.3 Å². The SMILES string of the molecule is CC(C)(C)[C@H](c1nc(-c2cc(F)ccc2F)cn1Cc1ccccc1)[C@H](O)C(=O)NCC[C@H](N)C(=O)NCCN(OC(=O)C(F)(F)F)C(=O)C1CCC(N2C(=O)C=CC2=O)CC1. The summed E-state index contributed by atoms with van der Waals surface area (Å²) < 4.78 is 70.2. The summed E-state index contributed by atoms with van der Waals surface area (Å²) in [4.78, 5) is 85.5. The van der Waals surface area contributed by atoms with Gasteiger partial charge in [-0.25, -0.2) is 18.6 Å². The summed E-state index contributed by atoms with van der Waals surface area (Å²) in [6.07, 6.45) is -3.09. The van der Waals surface area contributed by atoms with Crippen molar-refractivity contribution in [3.63, 3.8) is 0 Å². The maximum absolute atomic E-state index is 14.9. The van der Waals surface area contributed by atoms with Crippen molar-refractivity contribution >= 4 is 35.5 Å². The van der Waals surface area contributed by atoms with E-state index in [-0.39, 0.29) is 67.3 Å². The van der Waals surface area contributed by atoms with E-state index in [1.807, 2.05) is 30.3 Å². The highest BCUT2D eigenvalue weighted by Crippen LogP contribution is 2.39. The lowest BCUT2D eigenvalue weighted by Crippen LogP contribution is -2.49. The van der Waals surface area contributed by atoms with Crippen LogP contribution in [0, 0.1) is 23.0 Å². The van der Waals surface area contributed by atoms with Gasteiger partial charge in [0.1, 0.15) is 23.6 Å². The number of carbonyl (C=O) groups is 6. The number of benzene rings is 2. The van der Waals surface area contributed by atoms with Crippen molar-refractivity contribution in [1.29, 1.82) is 0 Å². The molecular weight excluding hydrogens is 825 g/mol. The van der Waals surface area contributed by atoms with Gasteiger partial charge in [0, 0.05) is 55.5 Å². The van der Waals surface area contributed by atoms with Gasteiger partial charge in [-0.15, -0.1) is 0 Å². The van der Waals surface area contributed by atoms with Gasteiger partial charge in [-0.1, -0.05) is 51.1 Å². The van der Waals surface area contributed by atoms with Crippen molar-refractivity contribution in [3.05, 3.63) is 89.9 Å². The number of nitrogens with one attached hydrogen (secondary N) is 2. The van der Waals surface area contributed by atoms with Crippen molar-refractivity contribution in [3.8, 4) is 11.3 Å². The van der Waals surface area contributed by atoms with Crippen molar-refractivity contribution < 1.29 is 60.7 Å². The summed E-state index contributed by atoms with van der Waals surface area (Å²) in [5.74, 6) is -9.44. The standard InChI is InChI=1S/C42H48F5N7O8/c1-41(2,3)34(36-51-31(28-21-26(43)11-14-29(28)44)23-52(36)22-24-7-5-4-6-8-24)35(57)38(59)49-18-17-30(48)37(58)50-19-20-53(62-40(61)42(45,46)47)39(60)25-9-12-27(13-10-25)54-32(55)15-16-33(54)56/h4-8,11,14-16,21,23,25,27,30,34-35,57H,9-10,12-13,17-20,22,48H2,1-3H3,(H,49,59)(H,50,58)/t25?,27?,30-,34-,35-/m0/s1. The van der Waals surface area contributed by atoms with Crippen LogP contribution in [-0.2, 0) is 40.1 Å². The molecule has 62 heavy (non-hydrogen) atoms. The predicted molar refractivity (Wildman–Crippen MR) is 211 cm³/mol. The molecule has 1 aromatic heterocycles. The molecule has 0 bridgehead atoms. The molecule has 3 aromatic rings. The number of alkyl halides is 3. The zero-order valence-corrected chi connectivity index (χ0v) is 34.2. The van der Waals surface area contributed by atoms with Gasteiger partial charge in [0.25, 0.3) is 17.7 Å². The number of nitrogens with zero attached hydrogens (tertiary/aromatic N) is 4. The minimum absolute atomic E-state index is 0.0711. The molecule has 20 heteroatoms. The second-order valence-electron chi connectivity index (χ2n) is 16.2. The quantitative estimate of drug-likeness (QED) is 0.0991. The normalized spacial score (nSPS) is 18.3. The van der Waals surface area contributed by atoms with E-state index < -0.39 is 102 Å². The second-order valence-corrected chi connectivity index (χ2v) is 16.2. The minimum atomic E-state index is -5.44. The van der Waals surface area contributed by atoms with Crippen LogP contribution in [0.2, 0.25) is 0 Å². The lowest BCUT2D eigenvalue weighted by molar-refractivity contribution is -0.238. The highest BCUT2D eigenvalue weighted by Gasteiger charge is 2.45. The maximum atomic E-state index is 14.9. The number of carbonyl (C=O) groups excluding carboxylic acids is 6. The lowest BCUT2D eigenvalue weighted by Gasteiger charge is -2.34. The first-order valence-corrected chi connectivity index (χ1v) is 19.9. The van der Waals surface area contributed by atoms with E-state index in [4.69, 9.17) is 5.73 Å². The second kappa shape index (κ2) is 19.8. The predicted octanol–water partition coefficient (Wildman–Crippen LogP) is 3.65. The largest absolute Gasteiger partial charge is 0.493 e. The molecular formula is C42H48F5N7O8. The molecule has 1 aliphatic carbocycles. The van der Waals surface area contributed by atoms with Gasteiger partial charge < -0.3 is 30.9 Å². The number of nitrogens with two attached hydrogens (primary N) is 1. The lowest BCUT2D eigenvalue weighted by atomic mass is 9.76. The number of rotatable bonds is 15. The van der Waals surface area contributed by atoms with Crippen molar-refractivity contribution in [2.45, 2.75) is 89.7 Å². The average Bonchev–Trinajstić information content (AvgIpc) is 3.78. The third-order valence-electron chi connectivity index (χ3n) is 10.6. The Balaban J connectivity index is 1.18. The Hall–Kier alpha value is -6.02. The fourth-order valence-corrected chi connectivity index (χ4v) is 7.47. The molecule has 3 atom stereocenters. The van der Waals surface area contributed by atoms with Gasteiger partial charge in [-0.3, -0.25) is 28.9 Å². The number of hydrogen-bond donors (Lipinski definition) is 4. The van der Waals surface area contributed by atoms with Crippen molar-refractivity contribution in [1.82, 2.24) is 30.1 Å². The van der Waals surface area contributed by atoms with Crippen LogP contribution in [0.3, 0.4) is 0 Å². The zero-order valence-electron chi connectivity index (χ0n) is 34.2. The molecule has 0 spiro atoms. The maximum Gasteiger partial charge on any atom is 0.493 e. The summed E-state index contributed by atoms with van der Waals surface area (Å²) in [6, 6.07) is 10.3. The summed E-state index contributed by atoms with van der Waals surface area (Å²) in [5, 5.41) is 16.7. The highest BCUT2D eigenvalue weighted by molar-refractivity contribution is 6.13. The molecule has 2 heterocycles. The van der Waals surface area contributed by atoms with Crippen LogP contribution in [0.4, 0.5) is 22.0 Å². The first kappa shape index (κ1) is 47.0. The number of hydroxylamine groups is 2. The molecule has 15 nitrogen and oxygen atoms in total. The number of amides is 5. The third kappa shape index (κ3) is 11.7. The first-order chi connectivity index (χ1) is 29.1. The molecule has 0 unspecified atom stereocenters. The Kier molecular flexibility index (Phi) is 15.0. The molecule has 5 amide bonds. The van der Waals surface area contributed by atoms with E-state index in [0.717, 1.165) is 40.8 Å². The van der Waals surface area contributed by atoms with Crippen molar-refractivity contribution in [2.24, 2.45) is 17.1 Å². The van der Waals surface area contributed by atoms with Crippen LogP contribution >= 0.6 is 0 Å². The fraction of sp³-hybridized carbons (Fsp3) is 0.452. The molecule has 1 aliphatic heterocycles. The smallest absolute Gasteiger partial charge is 0.382 e. The number of aliphatic hydroxyl groups is 1. The average molecular weight is 874 g/mol. The van der Waals surface area contributed by atoms with Gasteiger partial charge in [-0.2, -0.15) is 18.2 Å². The fourth-order valence-electron chi connectivity index (χ4n) is 7.47. The van der Waals surface area contributed by atoms with E-state index in [0.29, 0.717) is 0 Å². The van der Waals surface area contributed by atoms with Gasteiger partial charge in [-0.05, 0) is 61.3 Å². The van der Waals surface area contributed by atoms with E-state index in [1.165, 1.54) is 6.20 Å². The zero-order chi connectivity index (χ0) is 45.5.